The lowest BCUT2D eigenvalue weighted by atomic mass is 10.0. The lowest BCUT2D eigenvalue weighted by Crippen LogP contribution is -2.50. The summed E-state index contributed by atoms with van der Waals surface area (Å²) >= 11 is 6.07. The van der Waals surface area contributed by atoms with Gasteiger partial charge in [0.05, 0.1) is 13.7 Å². The average Bonchev–Trinajstić information content (AvgIpc) is 2.93. The number of benzene rings is 3. The van der Waals surface area contributed by atoms with Crippen molar-refractivity contribution in [1.82, 2.24) is 10.2 Å². The Bertz CT molecular complexity index is 1100. The average molecular weight is 523 g/mol. The van der Waals surface area contributed by atoms with Gasteiger partial charge in [-0.25, -0.2) is 0 Å². The molecule has 3 aromatic rings. The van der Waals surface area contributed by atoms with Crippen LogP contribution in [0.15, 0.2) is 78.9 Å². The van der Waals surface area contributed by atoms with Crippen LogP contribution in [0.4, 0.5) is 0 Å². The molecule has 3 rings (SSSR count). The topological polar surface area (TPSA) is 67.9 Å². The monoisotopic (exact) mass is 522 g/mol. The van der Waals surface area contributed by atoms with Crippen LogP contribution in [0, 0.1) is 0 Å². The number of amides is 2. The SMILES string of the molecule is CCCNC(=O)C(Cc1ccccc1)N(Cc1ccc(Cl)cc1)C(=O)CCCOc1ccc(OC)cc1. The molecule has 0 fully saturated rings. The lowest BCUT2D eigenvalue weighted by molar-refractivity contribution is -0.141. The Labute approximate surface area is 224 Å². The Kier molecular flexibility index (Phi) is 11.3. The van der Waals surface area contributed by atoms with Gasteiger partial charge in [0, 0.05) is 31.0 Å². The molecule has 0 spiro atoms. The van der Waals surface area contributed by atoms with E-state index in [1.54, 1.807) is 24.1 Å². The number of methoxy groups -OCH3 is 1. The van der Waals surface area contributed by atoms with Crippen LogP contribution < -0.4 is 14.8 Å². The molecule has 0 bridgehead atoms. The minimum absolute atomic E-state index is 0.0964. The molecule has 37 heavy (non-hydrogen) atoms. The maximum atomic E-state index is 13.6. The molecule has 1 unspecified atom stereocenters. The quantitative estimate of drug-likeness (QED) is 0.277. The summed E-state index contributed by atoms with van der Waals surface area (Å²) in [5.74, 6) is 1.22. The minimum atomic E-state index is -0.639. The van der Waals surface area contributed by atoms with E-state index in [0.717, 1.165) is 23.3 Å². The van der Waals surface area contributed by atoms with Gasteiger partial charge in [-0.05, 0) is 60.4 Å². The van der Waals surface area contributed by atoms with Gasteiger partial charge in [-0.2, -0.15) is 0 Å². The number of nitrogens with one attached hydrogen (secondary N) is 1. The molecule has 0 heterocycles. The van der Waals surface area contributed by atoms with Crippen molar-refractivity contribution in [1.29, 1.82) is 0 Å². The minimum Gasteiger partial charge on any atom is -0.497 e. The summed E-state index contributed by atoms with van der Waals surface area (Å²) in [6.45, 7) is 3.26. The van der Waals surface area contributed by atoms with Crippen LogP contribution in [0.5, 0.6) is 11.5 Å². The zero-order valence-electron chi connectivity index (χ0n) is 21.5. The highest BCUT2D eigenvalue weighted by Gasteiger charge is 2.30. The fourth-order valence-corrected chi connectivity index (χ4v) is 4.06. The van der Waals surface area contributed by atoms with Gasteiger partial charge in [0.25, 0.3) is 0 Å². The van der Waals surface area contributed by atoms with Crippen molar-refractivity contribution < 1.29 is 19.1 Å². The third-order valence-corrected chi connectivity index (χ3v) is 6.20. The highest BCUT2D eigenvalue weighted by molar-refractivity contribution is 6.30. The number of rotatable bonds is 14. The number of carbonyl (C=O) groups is 2. The maximum Gasteiger partial charge on any atom is 0.243 e. The fraction of sp³-hybridized carbons (Fsp3) is 0.333. The molecule has 0 saturated carbocycles. The summed E-state index contributed by atoms with van der Waals surface area (Å²) in [6, 6.07) is 23.8. The van der Waals surface area contributed by atoms with Crippen molar-refractivity contribution in [2.45, 2.75) is 45.2 Å². The molecule has 3 aromatic carbocycles. The third kappa shape index (κ3) is 9.14. The molecule has 7 heteroatoms. The molecule has 1 atom stereocenters. The maximum absolute atomic E-state index is 13.6. The summed E-state index contributed by atoms with van der Waals surface area (Å²) in [5.41, 5.74) is 1.91. The first-order chi connectivity index (χ1) is 18.0. The highest BCUT2D eigenvalue weighted by atomic mass is 35.5. The van der Waals surface area contributed by atoms with E-state index in [-0.39, 0.29) is 18.2 Å². The smallest absolute Gasteiger partial charge is 0.243 e. The third-order valence-electron chi connectivity index (χ3n) is 5.95. The largest absolute Gasteiger partial charge is 0.497 e. The van der Waals surface area contributed by atoms with Crippen molar-refractivity contribution in [3.63, 3.8) is 0 Å². The number of hydrogen-bond donors (Lipinski definition) is 1. The van der Waals surface area contributed by atoms with Crippen LogP contribution in [0.2, 0.25) is 5.02 Å². The predicted molar refractivity (Wildman–Crippen MR) is 147 cm³/mol. The van der Waals surface area contributed by atoms with Crippen LogP contribution in [-0.4, -0.2) is 43.0 Å². The van der Waals surface area contributed by atoms with Gasteiger partial charge >= 0.3 is 0 Å². The molecule has 1 N–H and O–H groups in total. The van der Waals surface area contributed by atoms with E-state index >= 15 is 0 Å². The zero-order chi connectivity index (χ0) is 26.5. The number of nitrogens with zero attached hydrogens (tertiary/aromatic N) is 1. The van der Waals surface area contributed by atoms with Gasteiger partial charge in [0.1, 0.15) is 17.5 Å². The van der Waals surface area contributed by atoms with E-state index in [9.17, 15) is 9.59 Å². The van der Waals surface area contributed by atoms with Crippen molar-refractivity contribution in [2.75, 3.05) is 20.3 Å². The molecule has 0 aliphatic carbocycles. The van der Waals surface area contributed by atoms with Crippen molar-refractivity contribution in [3.8, 4) is 11.5 Å². The van der Waals surface area contributed by atoms with Gasteiger partial charge < -0.3 is 19.7 Å². The summed E-state index contributed by atoms with van der Waals surface area (Å²) in [6.07, 6.45) is 2.03. The Morgan fingerprint density at radius 2 is 1.59 bits per heavy atom. The molecule has 0 aliphatic rings. The molecule has 6 nitrogen and oxygen atoms in total. The molecule has 0 aromatic heterocycles. The second kappa shape index (κ2) is 14.9. The van der Waals surface area contributed by atoms with Gasteiger partial charge in [0.15, 0.2) is 0 Å². The van der Waals surface area contributed by atoms with Gasteiger partial charge in [-0.3, -0.25) is 9.59 Å². The Morgan fingerprint density at radius 1 is 0.919 bits per heavy atom. The standard InChI is InChI=1S/C30H35ClN2O4/c1-3-19-32-30(35)28(21-23-8-5-4-6-9-23)33(22-24-11-13-25(31)14-12-24)29(34)10-7-20-37-27-17-15-26(36-2)16-18-27/h4-6,8-9,11-18,28H,3,7,10,19-22H2,1-2H3,(H,32,35). The number of hydrogen-bond acceptors (Lipinski definition) is 4. The van der Waals surface area contributed by atoms with E-state index < -0.39 is 6.04 Å². The normalized spacial score (nSPS) is 11.4. The predicted octanol–water partition coefficient (Wildman–Crippen LogP) is 5.67. The zero-order valence-corrected chi connectivity index (χ0v) is 22.2. The molecule has 0 aliphatic heterocycles. The van der Waals surface area contributed by atoms with Crippen LogP contribution in [0.25, 0.3) is 0 Å². The summed E-state index contributed by atoms with van der Waals surface area (Å²) in [4.78, 5) is 28.6. The summed E-state index contributed by atoms with van der Waals surface area (Å²) < 4.78 is 11.0. The second-order valence-electron chi connectivity index (χ2n) is 8.77. The van der Waals surface area contributed by atoms with E-state index in [0.29, 0.717) is 43.3 Å². The Balaban J connectivity index is 1.74. The molecule has 0 radical (unpaired) electrons. The van der Waals surface area contributed by atoms with E-state index in [4.69, 9.17) is 21.1 Å². The summed E-state index contributed by atoms with van der Waals surface area (Å²) in [7, 11) is 1.62. The molecule has 2 amide bonds. The van der Waals surface area contributed by atoms with Gasteiger partial charge in [0.2, 0.25) is 11.8 Å². The van der Waals surface area contributed by atoms with Gasteiger partial charge in [-0.15, -0.1) is 0 Å². The van der Waals surface area contributed by atoms with Crippen LogP contribution in [0.1, 0.15) is 37.3 Å². The van der Waals surface area contributed by atoms with E-state index in [1.165, 1.54) is 0 Å². The van der Waals surface area contributed by atoms with E-state index in [2.05, 4.69) is 5.32 Å². The van der Waals surface area contributed by atoms with Crippen molar-refractivity contribution in [2.24, 2.45) is 0 Å². The van der Waals surface area contributed by atoms with Crippen LogP contribution in [0.3, 0.4) is 0 Å². The highest BCUT2D eigenvalue weighted by Crippen LogP contribution is 2.19. The summed E-state index contributed by atoms with van der Waals surface area (Å²) in [5, 5.41) is 3.62. The number of carbonyl (C=O) groups excluding carboxylic acids is 2. The van der Waals surface area contributed by atoms with Crippen molar-refractivity contribution >= 4 is 23.4 Å². The lowest BCUT2D eigenvalue weighted by Gasteiger charge is -2.31. The first-order valence-corrected chi connectivity index (χ1v) is 13.0. The van der Waals surface area contributed by atoms with Gasteiger partial charge in [-0.1, -0.05) is 61.0 Å². The second-order valence-corrected chi connectivity index (χ2v) is 9.21. The Hall–Kier alpha value is -3.51. The molecule has 196 valence electrons. The first kappa shape index (κ1) is 28.1. The van der Waals surface area contributed by atoms with Crippen LogP contribution >= 0.6 is 11.6 Å². The number of ether oxygens (including phenoxy) is 2. The molecular weight excluding hydrogens is 488 g/mol. The van der Waals surface area contributed by atoms with Crippen LogP contribution in [-0.2, 0) is 22.6 Å². The van der Waals surface area contributed by atoms with Crippen molar-refractivity contribution in [3.05, 3.63) is 95.0 Å². The molecular formula is C30H35ClN2O4. The van der Waals surface area contributed by atoms with E-state index in [1.807, 2.05) is 73.7 Å². The molecule has 0 saturated heterocycles. The first-order valence-electron chi connectivity index (χ1n) is 12.6. The fourth-order valence-electron chi connectivity index (χ4n) is 3.94. The Morgan fingerprint density at radius 3 is 2.24 bits per heavy atom. The number of halogens is 1.